The third-order valence-electron chi connectivity index (χ3n) is 5.27. The fourth-order valence-electron chi connectivity index (χ4n) is 4.85. The van der Waals surface area contributed by atoms with E-state index in [-0.39, 0.29) is 5.92 Å². The minimum absolute atomic E-state index is 0.234. The van der Waals surface area contributed by atoms with E-state index in [1.165, 1.54) is 32.1 Å². The first kappa shape index (κ1) is 9.18. The number of halogens is 1. The van der Waals surface area contributed by atoms with Crippen molar-refractivity contribution in [3.8, 4) is 0 Å². The molecule has 0 spiro atoms. The van der Waals surface area contributed by atoms with Gasteiger partial charge in [-0.2, -0.15) is 0 Å². The van der Waals surface area contributed by atoms with Crippen molar-refractivity contribution in [3.05, 3.63) is 0 Å². The monoisotopic (exact) mass is 196 g/mol. The van der Waals surface area contributed by atoms with Gasteiger partial charge in [0.2, 0.25) is 0 Å². The van der Waals surface area contributed by atoms with Crippen molar-refractivity contribution in [2.24, 2.45) is 29.6 Å². The van der Waals surface area contributed by atoms with Crippen molar-refractivity contribution >= 4 is 0 Å². The van der Waals surface area contributed by atoms with Crippen LogP contribution in [0.2, 0.25) is 0 Å². The van der Waals surface area contributed by atoms with Gasteiger partial charge >= 0.3 is 0 Å². The molecular formula is C13H21F. The maximum atomic E-state index is 15.0. The minimum atomic E-state index is -0.798. The summed E-state index contributed by atoms with van der Waals surface area (Å²) in [5.41, 5.74) is -0.798. The first-order valence-corrected chi connectivity index (χ1v) is 6.29. The first-order valence-electron chi connectivity index (χ1n) is 6.29. The maximum Gasteiger partial charge on any atom is 0.119 e. The molecule has 0 heterocycles. The van der Waals surface area contributed by atoms with Gasteiger partial charge < -0.3 is 0 Å². The van der Waals surface area contributed by atoms with Gasteiger partial charge in [-0.15, -0.1) is 0 Å². The third kappa shape index (κ3) is 0.991. The van der Waals surface area contributed by atoms with Crippen molar-refractivity contribution in [2.75, 3.05) is 0 Å². The van der Waals surface area contributed by atoms with E-state index in [0.29, 0.717) is 11.8 Å². The van der Waals surface area contributed by atoms with E-state index in [0.717, 1.165) is 11.8 Å². The van der Waals surface area contributed by atoms with Crippen molar-refractivity contribution < 1.29 is 4.39 Å². The molecule has 0 nitrogen and oxygen atoms in total. The highest BCUT2D eigenvalue weighted by Crippen LogP contribution is 2.61. The Bertz CT molecular complexity index is 216. The summed E-state index contributed by atoms with van der Waals surface area (Å²) < 4.78 is 15.0. The summed E-state index contributed by atoms with van der Waals surface area (Å²) in [5.74, 6) is 2.84. The fourth-order valence-corrected chi connectivity index (χ4v) is 4.85. The SMILES string of the molecule is CC(C)C1(F)C2CC3CC(C2)CC1C3. The molecule has 0 aromatic rings. The number of hydrogen-bond acceptors (Lipinski definition) is 0. The Kier molecular flexibility index (Phi) is 1.79. The largest absolute Gasteiger partial charge is 0.243 e. The summed E-state index contributed by atoms with van der Waals surface area (Å²) in [5, 5.41) is 0. The third-order valence-corrected chi connectivity index (χ3v) is 5.27. The van der Waals surface area contributed by atoms with E-state index in [9.17, 15) is 4.39 Å². The van der Waals surface area contributed by atoms with Crippen LogP contribution in [0.15, 0.2) is 0 Å². The Balaban J connectivity index is 1.94. The van der Waals surface area contributed by atoms with Crippen LogP contribution in [0.3, 0.4) is 0 Å². The van der Waals surface area contributed by atoms with E-state index in [1.807, 2.05) is 0 Å². The normalized spacial score (nSPS) is 55.7. The van der Waals surface area contributed by atoms with Crippen LogP contribution in [-0.2, 0) is 0 Å². The standard InChI is InChI=1S/C13H21F/c1-8(2)13(14)11-4-9-3-10(6-11)7-12(13)5-9/h8-12H,3-7H2,1-2H3. The molecule has 4 aliphatic carbocycles. The molecule has 0 N–H and O–H groups in total. The average molecular weight is 196 g/mol. The van der Waals surface area contributed by atoms with Gasteiger partial charge in [-0.05, 0) is 61.7 Å². The van der Waals surface area contributed by atoms with Gasteiger partial charge in [0.25, 0.3) is 0 Å². The summed E-state index contributed by atoms with van der Waals surface area (Å²) in [7, 11) is 0. The van der Waals surface area contributed by atoms with Crippen molar-refractivity contribution in [3.63, 3.8) is 0 Å². The highest BCUT2D eigenvalue weighted by atomic mass is 19.1. The van der Waals surface area contributed by atoms with Gasteiger partial charge in [0, 0.05) is 0 Å². The van der Waals surface area contributed by atoms with Crippen LogP contribution in [-0.4, -0.2) is 5.67 Å². The molecule has 0 aliphatic heterocycles. The second-order valence-electron chi connectivity index (χ2n) is 6.29. The second-order valence-corrected chi connectivity index (χ2v) is 6.29. The first-order chi connectivity index (χ1) is 6.60. The van der Waals surface area contributed by atoms with Gasteiger partial charge in [0.15, 0.2) is 0 Å². The highest BCUT2D eigenvalue weighted by Gasteiger charge is 2.58. The predicted molar refractivity (Wildman–Crippen MR) is 55.7 cm³/mol. The zero-order chi connectivity index (χ0) is 9.92. The lowest BCUT2D eigenvalue weighted by atomic mass is 9.48. The summed E-state index contributed by atoms with van der Waals surface area (Å²) in [6.45, 7) is 4.17. The van der Waals surface area contributed by atoms with Crippen LogP contribution >= 0.6 is 0 Å². The van der Waals surface area contributed by atoms with Crippen LogP contribution in [0.1, 0.15) is 46.0 Å². The predicted octanol–water partition coefficient (Wildman–Crippen LogP) is 3.81. The maximum absolute atomic E-state index is 15.0. The molecule has 4 bridgehead atoms. The Morgan fingerprint density at radius 2 is 1.36 bits per heavy atom. The van der Waals surface area contributed by atoms with Crippen molar-refractivity contribution in [2.45, 2.75) is 51.6 Å². The summed E-state index contributed by atoms with van der Waals surface area (Å²) in [6.07, 6.45) is 6.20. The van der Waals surface area contributed by atoms with Crippen molar-refractivity contribution in [1.82, 2.24) is 0 Å². The zero-order valence-electron chi connectivity index (χ0n) is 9.30. The minimum Gasteiger partial charge on any atom is -0.243 e. The molecule has 0 saturated heterocycles. The van der Waals surface area contributed by atoms with Crippen LogP contribution < -0.4 is 0 Å². The van der Waals surface area contributed by atoms with Crippen molar-refractivity contribution in [1.29, 1.82) is 0 Å². The smallest absolute Gasteiger partial charge is 0.119 e. The summed E-state index contributed by atoms with van der Waals surface area (Å²) in [4.78, 5) is 0. The lowest BCUT2D eigenvalue weighted by molar-refractivity contribution is -0.148. The van der Waals surface area contributed by atoms with Crippen LogP contribution in [0.5, 0.6) is 0 Å². The van der Waals surface area contributed by atoms with E-state index in [2.05, 4.69) is 13.8 Å². The second kappa shape index (κ2) is 2.74. The molecule has 0 aromatic carbocycles. The molecule has 4 rings (SSSR count). The molecule has 0 radical (unpaired) electrons. The zero-order valence-corrected chi connectivity index (χ0v) is 9.30. The molecule has 0 unspecified atom stereocenters. The lowest BCUT2D eigenvalue weighted by Gasteiger charge is -2.59. The molecule has 0 amide bonds. The molecule has 1 heteroatoms. The number of hydrogen-bond donors (Lipinski definition) is 0. The van der Waals surface area contributed by atoms with Crippen LogP contribution in [0.25, 0.3) is 0 Å². The molecule has 4 fully saturated rings. The fraction of sp³-hybridized carbons (Fsp3) is 1.00. The molecular weight excluding hydrogens is 175 g/mol. The Morgan fingerprint density at radius 3 is 1.71 bits per heavy atom. The van der Waals surface area contributed by atoms with Crippen LogP contribution in [0.4, 0.5) is 4.39 Å². The highest BCUT2D eigenvalue weighted by molar-refractivity contribution is 5.08. The van der Waals surface area contributed by atoms with Gasteiger partial charge in [0.05, 0.1) is 0 Å². The lowest BCUT2D eigenvalue weighted by Crippen LogP contribution is -2.57. The van der Waals surface area contributed by atoms with E-state index < -0.39 is 5.67 Å². The summed E-state index contributed by atoms with van der Waals surface area (Å²) >= 11 is 0. The number of alkyl halides is 1. The molecule has 0 aromatic heterocycles. The quantitative estimate of drug-likeness (QED) is 0.598. The molecule has 4 aliphatic rings. The number of rotatable bonds is 1. The molecule has 80 valence electrons. The summed E-state index contributed by atoms with van der Waals surface area (Å²) in [6, 6.07) is 0. The van der Waals surface area contributed by atoms with Gasteiger partial charge in [0.1, 0.15) is 5.67 Å². The van der Waals surface area contributed by atoms with Gasteiger partial charge in [-0.1, -0.05) is 13.8 Å². The average Bonchev–Trinajstić information content (AvgIpc) is 2.12. The Morgan fingerprint density at radius 1 is 0.929 bits per heavy atom. The van der Waals surface area contributed by atoms with Gasteiger partial charge in [-0.3, -0.25) is 0 Å². The Hall–Kier alpha value is -0.0700. The topological polar surface area (TPSA) is 0 Å². The molecule has 0 atom stereocenters. The van der Waals surface area contributed by atoms with E-state index in [4.69, 9.17) is 0 Å². The van der Waals surface area contributed by atoms with E-state index >= 15 is 0 Å². The van der Waals surface area contributed by atoms with E-state index in [1.54, 1.807) is 0 Å². The molecule has 4 saturated carbocycles. The van der Waals surface area contributed by atoms with Crippen LogP contribution in [0, 0.1) is 29.6 Å². The molecule has 14 heavy (non-hydrogen) atoms. The van der Waals surface area contributed by atoms with Gasteiger partial charge in [-0.25, -0.2) is 4.39 Å². The Labute approximate surface area is 86.3 Å².